The van der Waals surface area contributed by atoms with E-state index in [2.05, 4.69) is 6.58 Å². The number of anilines is 1. The molecule has 0 bridgehead atoms. The van der Waals surface area contributed by atoms with Crippen LogP contribution >= 0.6 is 0 Å². The molecule has 8 rings (SSSR count). The number of fused-ring (bicyclic) bond motifs is 2. The van der Waals surface area contributed by atoms with Gasteiger partial charge in [-0.2, -0.15) is 0 Å². The summed E-state index contributed by atoms with van der Waals surface area (Å²) in [5, 5.41) is 16.5. The van der Waals surface area contributed by atoms with Gasteiger partial charge in [0.1, 0.15) is 5.84 Å². The fraction of sp³-hybridized carbons (Fsp3) is 0.163. The maximum absolute atomic E-state index is 14.3. The zero-order valence-corrected chi connectivity index (χ0v) is 28.7. The van der Waals surface area contributed by atoms with E-state index in [1.165, 1.54) is 9.80 Å². The molecule has 0 unspecified atom stereocenters. The molecule has 0 spiro atoms. The van der Waals surface area contributed by atoms with Crippen molar-refractivity contribution in [2.75, 3.05) is 4.90 Å². The lowest BCUT2D eigenvalue weighted by Crippen LogP contribution is -2.40. The number of carbonyl (C=O) groups is 3. The Kier molecular flexibility index (Phi) is 6.41. The van der Waals surface area contributed by atoms with Gasteiger partial charge in [0.15, 0.2) is 0 Å². The third kappa shape index (κ3) is 3.94. The van der Waals surface area contributed by atoms with Gasteiger partial charge in [-0.15, -0.1) is 0 Å². The molecule has 0 atom stereocenters. The highest BCUT2D eigenvalue weighted by atomic mass is 16.2. The molecule has 49 heavy (non-hydrogen) atoms. The lowest BCUT2D eigenvalue weighted by Gasteiger charge is -2.33. The van der Waals surface area contributed by atoms with Gasteiger partial charge in [0, 0.05) is 38.7 Å². The van der Waals surface area contributed by atoms with Crippen LogP contribution in [-0.2, 0) is 0 Å². The molecule has 240 valence electrons. The zero-order valence-electron chi connectivity index (χ0n) is 28.7. The third-order valence-corrected chi connectivity index (χ3v) is 10.5. The second-order valence-electron chi connectivity index (χ2n) is 13.6. The summed E-state index contributed by atoms with van der Waals surface area (Å²) in [6.45, 7) is 18.1. The topological polar surface area (TPSA) is 81.5 Å². The number of rotatable bonds is 4. The molecule has 1 N–H and O–H groups in total. The Balaban J connectivity index is 1.47. The first-order valence-corrected chi connectivity index (χ1v) is 16.5. The number of amides is 3. The number of hydrogen-bond acceptors (Lipinski definition) is 4. The molecule has 6 aromatic rings. The van der Waals surface area contributed by atoms with E-state index in [4.69, 9.17) is 0 Å². The third-order valence-electron chi connectivity index (χ3n) is 10.5. The van der Waals surface area contributed by atoms with Crippen LogP contribution in [0.15, 0.2) is 84.6 Å². The second-order valence-corrected chi connectivity index (χ2v) is 13.6. The van der Waals surface area contributed by atoms with Crippen LogP contribution < -0.4 is 4.90 Å². The van der Waals surface area contributed by atoms with E-state index in [0.29, 0.717) is 39.0 Å². The molecule has 6 aromatic carbocycles. The molecular weight excluding hydrogens is 606 g/mol. The number of amidine groups is 1. The average Bonchev–Trinajstić information content (AvgIpc) is 3.07. The largest absolute Gasteiger partial charge is 0.283 e. The highest BCUT2D eigenvalue weighted by Gasteiger charge is 2.38. The van der Waals surface area contributed by atoms with E-state index >= 15 is 0 Å². The van der Waals surface area contributed by atoms with Crippen molar-refractivity contribution in [1.29, 1.82) is 5.41 Å². The molecule has 3 amide bonds. The Labute approximate surface area is 284 Å². The molecule has 0 aromatic heterocycles. The van der Waals surface area contributed by atoms with Crippen molar-refractivity contribution >= 4 is 72.3 Å². The van der Waals surface area contributed by atoms with Gasteiger partial charge in [-0.3, -0.25) is 24.7 Å². The van der Waals surface area contributed by atoms with Crippen LogP contribution in [0.2, 0.25) is 0 Å². The lowest BCUT2D eigenvalue weighted by molar-refractivity contribution is 0.0668. The van der Waals surface area contributed by atoms with Crippen molar-refractivity contribution in [1.82, 2.24) is 4.90 Å². The summed E-state index contributed by atoms with van der Waals surface area (Å²) >= 11 is 0. The van der Waals surface area contributed by atoms with Crippen molar-refractivity contribution in [3.63, 3.8) is 0 Å². The summed E-state index contributed by atoms with van der Waals surface area (Å²) in [6.07, 6.45) is 5.50. The molecular formula is C43H35N3O3. The molecule has 2 heterocycles. The first-order chi connectivity index (χ1) is 23.3. The molecule has 2 aliphatic heterocycles. The molecule has 6 heteroatoms. The van der Waals surface area contributed by atoms with E-state index < -0.39 is 11.8 Å². The Morgan fingerprint density at radius 3 is 1.51 bits per heavy atom. The van der Waals surface area contributed by atoms with E-state index in [1.54, 1.807) is 6.08 Å². The van der Waals surface area contributed by atoms with Gasteiger partial charge < -0.3 is 0 Å². The number of carbonyl (C=O) groups excluding carboxylic acids is 3. The first-order valence-electron chi connectivity index (χ1n) is 16.5. The van der Waals surface area contributed by atoms with Crippen LogP contribution in [0.3, 0.4) is 0 Å². The van der Waals surface area contributed by atoms with Crippen LogP contribution in [0.4, 0.5) is 5.69 Å². The Hall–Kier alpha value is -5.88. The number of imide groups is 1. The van der Waals surface area contributed by atoms with Crippen LogP contribution in [0.25, 0.3) is 43.1 Å². The van der Waals surface area contributed by atoms with Gasteiger partial charge in [-0.05, 0) is 146 Å². The van der Waals surface area contributed by atoms with Crippen LogP contribution in [0, 0.1) is 40.0 Å². The van der Waals surface area contributed by atoms with Gasteiger partial charge in [-0.1, -0.05) is 42.0 Å². The Morgan fingerprint density at radius 2 is 1.04 bits per heavy atom. The number of aryl methyl sites for hydroxylation is 5. The minimum absolute atomic E-state index is 0.144. The van der Waals surface area contributed by atoms with Gasteiger partial charge in [0.2, 0.25) is 0 Å². The maximum Gasteiger partial charge on any atom is 0.265 e. The van der Waals surface area contributed by atoms with E-state index in [9.17, 15) is 19.8 Å². The average molecular weight is 642 g/mol. The van der Waals surface area contributed by atoms with Crippen molar-refractivity contribution < 1.29 is 14.4 Å². The number of benzene rings is 6. The number of nitrogens with one attached hydrogen (secondary N) is 1. The van der Waals surface area contributed by atoms with Crippen molar-refractivity contribution in [2.45, 2.75) is 48.5 Å². The molecule has 0 fully saturated rings. The van der Waals surface area contributed by atoms with Crippen LogP contribution in [0.5, 0.6) is 0 Å². The smallest absolute Gasteiger partial charge is 0.265 e. The van der Waals surface area contributed by atoms with Crippen LogP contribution in [-0.4, -0.2) is 28.5 Å². The summed E-state index contributed by atoms with van der Waals surface area (Å²) < 4.78 is 0. The fourth-order valence-corrected chi connectivity index (χ4v) is 8.07. The highest BCUT2D eigenvalue weighted by Crippen LogP contribution is 2.50. The molecule has 0 saturated heterocycles. The van der Waals surface area contributed by atoms with Gasteiger partial charge >= 0.3 is 0 Å². The minimum Gasteiger partial charge on any atom is -0.283 e. The van der Waals surface area contributed by atoms with Crippen molar-refractivity contribution in [3.8, 4) is 0 Å². The van der Waals surface area contributed by atoms with E-state index in [-0.39, 0.29) is 11.7 Å². The summed E-state index contributed by atoms with van der Waals surface area (Å²) in [7, 11) is 0. The molecule has 0 radical (unpaired) electrons. The maximum atomic E-state index is 14.3. The van der Waals surface area contributed by atoms with Crippen molar-refractivity contribution in [2.24, 2.45) is 0 Å². The van der Waals surface area contributed by atoms with Crippen LogP contribution in [0.1, 0.15) is 78.3 Å². The SMILES string of the molecule is C=C(C=CC(C)=CC)N1C(=O)c2cc(C)c3c4c(C)cc5c6c(cc(C)c(c7c(C)cc(c2c37)C1=O)c64)C(=O)N(c1ccc(C)cc1)C5=N. The summed E-state index contributed by atoms with van der Waals surface area (Å²) in [5.74, 6) is -0.875. The van der Waals surface area contributed by atoms with E-state index in [1.807, 2.05) is 109 Å². The Morgan fingerprint density at radius 1 is 0.612 bits per heavy atom. The van der Waals surface area contributed by atoms with E-state index in [0.717, 1.165) is 71.1 Å². The molecule has 6 nitrogen and oxygen atoms in total. The fourth-order valence-electron chi connectivity index (χ4n) is 8.07. The zero-order chi connectivity index (χ0) is 34.8. The summed E-state index contributed by atoms with van der Waals surface area (Å²) in [4.78, 5) is 45.4. The van der Waals surface area contributed by atoms with Gasteiger partial charge in [-0.25, -0.2) is 4.90 Å². The van der Waals surface area contributed by atoms with Crippen molar-refractivity contribution in [3.05, 3.63) is 135 Å². The summed E-state index contributed by atoms with van der Waals surface area (Å²) in [6, 6.07) is 15.4. The highest BCUT2D eigenvalue weighted by molar-refractivity contribution is 6.45. The molecule has 0 saturated carbocycles. The number of allylic oxidation sites excluding steroid dienone is 4. The van der Waals surface area contributed by atoms with Gasteiger partial charge in [0.05, 0.1) is 5.69 Å². The minimum atomic E-state index is -0.394. The monoisotopic (exact) mass is 641 g/mol. The first kappa shape index (κ1) is 30.5. The van der Waals surface area contributed by atoms with Gasteiger partial charge in [0.25, 0.3) is 17.7 Å². The Bertz CT molecular complexity index is 2520. The predicted octanol–water partition coefficient (Wildman–Crippen LogP) is 9.90. The normalized spacial score (nSPS) is 15.0. The predicted molar refractivity (Wildman–Crippen MR) is 200 cm³/mol. The number of nitrogens with zero attached hydrogens (tertiary/aromatic N) is 2. The second kappa shape index (κ2) is 10.3. The molecule has 2 aliphatic rings. The lowest BCUT2D eigenvalue weighted by atomic mass is 9.77. The number of hydrogen-bond donors (Lipinski definition) is 1. The quantitative estimate of drug-likeness (QED) is 0.0900. The molecule has 0 aliphatic carbocycles. The summed E-state index contributed by atoms with van der Waals surface area (Å²) in [5.41, 5.74) is 8.94. The standard InChI is InChI=1S/C43H35N3O3/c1-9-20(2)10-13-26(8)45-41(47)30-18-24(6)34-32-22(4)16-28-36-29(43(49)46(40(28)44)27-14-11-21(3)12-15-27)17-23(5)33(38(32)36)35-25(7)19-31(42(45)48)37(30)39(34)35/h9-19,44H,8H2,1-7H3.